The van der Waals surface area contributed by atoms with Gasteiger partial charge in [0.15, 0.2) is 11.6 Å². The third kappa shape index (κ3) is 3.94. The van der Waals surface area contributed by atoms with Gasteiger partial charge < -0.3 is 0 Å². The summed E-state index contributed by atoms with van der Waals surface area (Å²) < 4.78 is 40.8. The van der Waals surface area contributed by atoms with Crippen molar-refractivity contribution < 1.29 is 18.0 Å². The molecule has 0 atom stereocenters. The van der Waals surface area contributed by atoms with Gasteiger partial charge in [-0.3, -0.25) is 10.1 Å². The molecule has 0 aliphatic heterocycles. The van der Waals surface area contributed by atoms with Gasteiger partial charge in [-0.15, -0.1) is 0 Å². The standard InChI is InChI=1S/C16H9ClF3N3O2S/c17-10-3-2-9(6-12(10)19)14(24)21-15-22-16(25)23(26-15)7-8-1-4-11(18)13(20)5-8/h1-6H,7H2,(H,21,22,24,25). The molecule has 0 bridgehead atoms. The second-order valence-corrected chi connectivity index (χ2v) is 6.58. The first-order valence-corrected chi connectivity index (χ1v) is 8.27. The highest BCUT2D eigenvalue weighted by molar-refractivity contribution is 7.10. The molecular formula is C16H9ClF3N3O2S. The van der Waals surface area contributed by atoms with Gasteiger partial charge in [0.2, 0.25) is 5.13 Å². The SMILES string of the molecule is O=C(Nc1nc(=O)n(Cc2ccc(F)c(F)c2)s1)c1ccc(Cl)c(F)c1. The molecule has 0 radical (unpaired) electrons. The topological polar surface area (TPSA) is 64.0 Å². The molecule has 0 unspecified atom stereocenters. The Morgan fingerprint density at radius 2 is 1.88 bits per heavy atom. The Hall–Kier alpha value is -2.65. The zero-order valence-electron chi connectivity index (χ0n) is 12.8. The van der Waals surface area contributed by atoms with Gasteiger partial charge in [-0.2, -0.15) is 4.98 Å². The van der Waals surface area contributed by atoms with E-state index in [-0.39, 0.29) is 22.3 Å². The second kappa shape index (κ2) is 7.30. The summed E-state index contributed by atoms with van der Waals surface area (Å²) >= 11 is 6.38. The highest BCUT2D eigenvalue weighted by Gasteiger charge is 2.14. The molecule has 26 heavy (non-hydrogen) atoms. The van der Waals surface area contributed by atoms with Crippen LogP contribution >= 0.6 is 23.1 Å². The molecule has 0 saturated heterocycles. The first kappa shape index (κ1) is 18.2. The summed E-state index contributed by atoms with van der Waals surface area (Å²) in [6.07, 6.45) is 0. The van der Waals surface area contributed by atoms with Crippen LogP contribution in [0.3, 0.4) is 0 Å². The molecule has 1 heterocycles. The fraction of sp³-hybridized carbons (Fsp3) is 0.0625. The Morgan fingerprint density at radius 1 is 1.12 bits per heavy atom. The van der Waals surface area contributed by atoms with Crippen molar-refractivity contribution in [3.05, 3.63) is 80.5 Å². The van der Waals surface area contributed by atoms with Crippen LogP contribution in [0.4, 0.5) is 18.3 Å². The quantitative estimate of drug-likeness (QED) is 0.728. The Morgan fingerprint density at radius 3 is 2.58 bits per heavy atom. The molecule has 1 aromatic heterocycles. The lowest BCUT2D eigenvalue weighted by molar-refractivity contribution is 0.102. The van der Waals surface area contributed by atoms with Gasteiger partial charge >= 0.3 is 5.69 Å². The van der Waals surface area contributed by atoms with E-state index in [9.17, 15) is 22.8 Å². The number of aromatic nitrogens is 2. The van der Waals surface area contributed by atoms with Crippen molar-refractivity contribution in [2.75, 3.05) is 5.32 Å². The number of rotatable bonds is 4. The van der Waals surface area contributed by atoms with Crippen molar-refractivity contribution in [2.45, 2.75) is 6.54 Å². The summed E-state index contributed by atoms with van der Waals surface area (Å²) in [5, 5.41) is 2.24. The Balaban J connectivity index is 1.77. The molecule has 3 rings (SSSR count). The molecule has 0 saturated carbocycles. The number of nitrogens with one attached hydrogen (secondary N) is 1. The van der Waals surface area contributed by atoms with E-state index >= 15 is 0 Å². The molecule has 2 aromatic carbocycles. The molecule has 134 valence electrons. The summed E-state index contributed by atoms with van der Waals surface area (Å²) in [7, 11) is 0. The van der Waals surface area contributed by atoms with Crippen molar-refractivity contribution in [1.82, 2.24) is 8.94 Å². The van der Waals surface area contributed by atoms with E-state index < -0.39 is 29.0 Å². The summed E-state index contributed by atoms with van der Waals surface area (Å²) in [5.41, 5.74) is -0.314. The molecule has 0 aliphatic rings. The molecule has 0 fully saturated rings. The molecule has 3 aromatic rings. The lowest BCUT2D eigenvalue weighted by Crippen LogP contribution is -2.16. The molecule has 0 aliphatic carbocycles. The maximum atomic E-state index is 13.4. The van der Waals surface area contributed by atoms with E-state index in [2.05, 4.69) is 10.3 Å². The summed E-state index contributed by atoms with van der Waals surface area (Å²) in [4.78, 5) is 27.6. The van der Waals surface area contributed by atoms with Gasteiger partial charge in [0.05, 0.1) is 11.6 Å². The smallest absolute Gasteiger partial charge is 0.297 e. The van der Waals surface area contributed by atoms with Crippen molar-refractivity contribution >= 4 is 34.2 Å². The van der Waals surface area contributed by atoms with Gasteiger partial charge in [-0.1, -0.05) is 17.7 Å². The van der Waals surface area contributed by atoms with Crippen LogP contribution in [0.25, 0.3) is 0 Å². The predicted molar refractivity (Wildman–Crippen MR) is 91.2 cm³/mol. The Labute approximate surface area is 153 Å². The Bertz CT molecular complexity index is 1050. The largest absolute Gasteiger partial charge is 0.360 e. The van der Waals surface area contributed by atoms with Crippen molar-refractivity contribution in [2.24, 2.45) is 0 Å². The summed E-state index contributed by atoms with van der Waals surface area (Å²) in [5.74, 6) is -3.45. The third-order valence-electron chi connectivity index (χ3n) is 3.32. The fourth-order valence-corrected chi connectivity index (χ4v) is 2.98. The second-order valence-electron chi connectivity index (χ2n) is 5.16. The fourth-order valence-electron chi connectivity index (χ4n) is 2.07. The molecule has 10 heteroatoms. The molecular weight excluding hydrogens is 391 g/mol. The van der Waals surface area contributed by atoms with Gasteiger partial charge in [0, 0.05) is 5.56 Å². The van der Waals surface area contributed by atoms with Crippen molar-refractivity contribution in [3.8, 4) is 0 Å². The van der Waals surface area contributed by atoms with Crippen LogP contribution in [0.2, 0.25) is 5.02 Å². The summed E-state index contributed by atoms with van der Waals surface area (Å²) in [6, 6.07) is 6.76. The number of hydrogen-bond acceptors (Lipinski definition) is 4. The number of hydrogen-bond donors (Lipinski definition) is 1. The minimum absolute atomic E-state index is 0.00158. The third-order valence-corrected chi connectivity index (χ3v) is 4.50. The van der Waals surface area contributed by atoms with Crippen LogP contribution in [-0.2, 0) is 6.54 Å². The van der Waals surface area contributed by atoms with Crippen LogP contribution in [0.5, 0.6) is 0 Å². The van der Waals surface area contributed by atoms with Gasteiger partial charge in [0.25, 0.3) is 5.91 Å². The van der Waals surface area contributed by atoms with Crippen LogP contribution < -0.4 is 11.0 Å². The molecule has 1 amide bonds. The summed E-state index contributed by atoms with van der Waals surface area (Å²) in [6.45, 7) is -0.0425. The zero-order chi connectivity index (χ0) is 18.8. The molecule has 1 N–H and O–H groups in total. The number of nitrogens with zero attached hydrogens (tertiary/aromatic N) is 2. The monoisotopic (exact) mass is 399 g/mol. The lowest BCUT2D eigenvalue weighted by atomic mass is 10.2. The van der Waals surface area contributed by atoms with Gasteiger partial charge in [0.1, 0.15) is 5.82 Å². The number of carbonyl (C=O) groups is 1. The van der Waals surface area contributed by atoms with Crippen molar-refractivity contribution in [1.29, 1.82) is 0 Å². The van der Waals surface area contributed by atoms with Crippen LogP contribution in [0.1, 0.15) is 15.9 Å². The van der Waals surface area contributed by atoms with E-state index in [1.807, 2.05) is 0 Å². The predicted octanol–water partition coefficient (Wildman–Crippen LogP) is 3.68. The maximum absolute atomic E-state index is 13.4. The number of halogens is 4. The van der Waals surface area contributed by atoms with Crippen molar-refractivity contribution in [3.63, 3.8) is 0 Å². The van der Waals surface area contributed by atoms with E-state index in [0.717, 1.165) is 33.7 Å². The van der Waals surface area contributed by atoms with E-state index in [0.29, 0.717) is 5.56 Å². The molecule has 0 spiro atoms. The lowest BCUT2D eigenvalue weighted by Gasteiger charge is -2.03. The number of benzene rings is 2. The van der Waals surface area contributed by atoms with E-state index in [1.165, 1.54) is 18.2 Å². The molecule has 5 nitrogen and oxygen atoms in total. The van der Waals surface area contributed by atoms with Gasteiger partial charge in [-0.25, -0.2) is 21.9 Å². The zero-order valence-corrected chi connectivity index (χ0v) is 14.4. The van der Waals surface area contributed by atoms with Crippen LogP contribution in [-0.4, -0.2) is 14.8 Å². The number of anilines is 1. The van der Waals surface area contributed by atoms with E-state index in [1.54, 1.807) is 0 Å². The first-order valence-electron chi connectivity index (χ1n) is 7.12. The van der Waals surface area contributed by atoms with Gasteiger partial charge in [-0.05, 0) is 47.4 Å². The first-order chi connectivity index (χ1) is 12.3. The minimum atomic E-state index is -1.03. The Kier molecular flexibility index (Phi) is 5.10. The average molecular weight is 400 g/mol. The highest BCUT2D eigenvalue weighted by Crippen LogP contribution is 2.18. The normalized spacial score (nSPS) is 10.8. The average Bonchev–Trinajstić information content (AvgIpc) is 2.92. The highest BCUT2D eigenvalue weighted by atomic mass is 35.5. The minimum Gasteiger partial charge on any atom is -0.297 e. The number of amides is 1. The van der Waals surface area contributed by atoms with E-state index in [4.69, 9.17) is 11.6 Å². The van der Waals surface area contributed by atoms with Crippen LogP contribution in [0, 0.1) is 17.5 Å². The van der Waals surface area contributed by atoms with Crippen LogP contribution in [0.15, 0.2) is 41.2 Å². The maximum Gasteiger partial charge on any atom is 0.360 e. The number of carbonyl (C=O) groups excluding carboxylic acids is 1.